The molecule has 0 unspecified atom stereocenters. The zero-order valence-electron chi connectivity index (χ0n) is 20.9. The van der Waals surface area contributed by atoms with Gasteiger partial charge in [0, 0.05) is 24.7 Å². The molecule has 190 valence electrons. The normalized spacial score (nSPS) is 14.1. The molecule has 0 saturated carbocycles. The summed E-state index contributed by atoms with van der Waals surface area (Å²) in [4.78, 5) is 2.57. The second kappa shape index (κ2) is 13.7. The minimum absolute atomic E-state index is 0. The summed E-state index contributed by atoms with van der Waals surface area (Å²) in [5, 5.41) is 6.39. The molecule has 1 aliphatic heterocycles. The van der Waals surface area contributed by atoms with Gasteiger partial charge in [-0.2, -0.15) is 0 Å². The van der Waals surface area contributed by atoms with Crippen LogP contribution in [-0.2, 0) is 19.7 Å². The first-order valence-corrected chi connectivity index (χ1v) is 12.4. The molecule has 0 aromatic heterocycles. The zero-order chi connectivity index (χ0) is 23.2. The predicted octanol–water partition coefficient (Wildman–Crippen LogP) is 7.33. The number of fused-ring (bicyclic) bond motifs is 1. The van der Waals surface area contributed by atoms with Crippen molar-refractivity contribution in [3.63, 3.8) is 0 Å². The van der Waals surface area contributed by atoms with Crippen molar-refractivity contribution in [3.8, 4) is 5.75 Å². The first-order valence-electron chi connectivity index (χ1n) is 12.4. The number of halogens is 2. The summed E-state index contributed by atoms with van der Waals surface area (Å²) in [5.41, 5.74) is 5.13. The number of nitrogens with zero attached hydrogens (tertiary/aromatic N) is 1. The molecule has 4 aromatic carbocycles. The van der Waals surface area contributed by atoms with Gasteiger partial charge in [0.1, 0.15) is 12.4 Å². The Bertz CT molecular complexity index is 1210. The predicted molar refractivity (Wildman–Crippen MR) is 156 cm³/mol. The van der Waals surface area contributed by atoms with Crippen LogP contribution in [0.15, 0.2) is 91.0 Å². The molecule has 0 amide bonds. The lowest BCUT2D eigenvalue weighted by atomic mass is 10.0. The summed E-state index contributed by atoms with van der Waals surface area (Å²) < 4.78 is 6.35. The molecule has 1 fully saturated rings. The summed E-state index contributed by atoms with van der Waals surface area (Å²) >= 11 is 0. The Morgan fingerprint density at radius 1 is 0.778 bits per heavy atom. The number of hydrogen-bond acceptors (Lipinski definition) is 3. The highest BCUT2D eigenvalue weighted by atomic mass is 35.5. The third-order valence-electron chi connectivity index (χ3n) is 6.92. The average molecular weight is 524 g/mol. The standard InChI is InChI=1S/C31H34N2O.2ClH/c1-24-11-13-26(14-12-24)23-34-31-16-15-27-9-5-6-10-29(27)30(31)21-32-28-17-19-33(20-18-28)22-25-7-3-2-4-8-25;;/h2-16,28,32H,17-23H2,1H3;2*1H. The average Bonchev–Trinajstić information content (AvgIpc) is 2.89. The molecule has 1 heterocycles. The molecule has 0 bridgehead atoms. The zero-order valence-corrected chi connectivity index (χ0v) is 22.5. The first kappa shape index (κ1) is 28.0. The lowest BCUT2D eigenvalue weighted by Gasteiger charge is -2.32. The van der Waals surface area contributed by atoms with Crippen LogP contribution in [0, 0.1) is 6.92 Å². The highest BCUT2D eigenvalue weighted by molar-refractivity contribution is 5.87. The van der Waals surface area contributed by atoms with Crippen LogP contribution in [0.25, 0.3) is 10.8 Å². The van der Waals surface area contributed by atoms with E-state index >= 15 is 0 Å². The van der Waals surface area contributed by atoms with Crippen LogP contribution < -0.4 is 10.1 Å². The van der Waals surface area contributed by atoms with E-state index in [9.17, 15) is 0 Å². The molecule has 3 nitrogen and oxygen atoms in total. The van der Waals surface area contributed by atoms with Crippen LogP contribution in [0.5, 0.6) is 5.75 Å². The van der Waals surface area contributed by atoms with Crippen molar-refractivity contribution in [3.05, 3.63) is 113 Å². The maximum atomic E-state index is 6.35. The number of ether oxygens (including phenoxy) is 1. The molecule has 0 atom stereocenters. The monoisotopic (exact) mass is 522 g/mol. The molecule has 0 aliphatic carbocycles. The van der Waals surface area contributed by atoms with E-state index in [2.05, 4.69) is 108 Å². The van der Waals surface area contributed by atoms with Crippen LogP contribution in [-0.4, -0.2) is 24.0 Å². The van der Waals surface area contributed by atoms with E-state index in [4.69, 9.17) is 4.74 Å². The van der Waals surface area contributed by atoms with Gasteiger partial charge in [-0.3, -0.25) is 4.90 Å². The van der Waals surface area contributed by atoms with Gasteiger partial charge in [-0.1, -0.05) is 90.5 Å². The molecular formula is C31H36Cl2N2O. The number of benzene rings is 4. The molecule has 1 N–H and O–H groups in total. The molecule has 36 heavy (non-hydrogen) atoms. The Balaban J connectivity index is 0.00000180. The van der Waals surface area contributed by atoms with Crippen molar-refractivity contribution in [1.29, 1.82) is 0 Å². The maximum Gasteiger partial charge on any atom is 0.124 e. The topological polar surface area (TPSA) is 24.5 Å². The molecule has 5 rings (SSSR count). The lowest BCUT2D eigenvalue weighted by molar-refractivity contribution is 0.190. The fourth-order valence-corrected chi connectivity index (χ4v) is 4.86. The van der Waals surface area contributed by atoms with Gasteiger partial charge in [-0.15, -0.1) is 24.8 Å². The van der Waals surface area contributed by atoms with Crippen molar-refractivity contribution in [2.24, 2.45) is 0 Å². The van der Waals surface area contributed by atoms with Crippen LogP contribution in [0.2, 0.25) is 0 Å². The van der Waals surface area contributed by atoms with Crippen LogP contribution in [0.4, 0.5) is 0 Å². The number of rotatable bonds is 8. The number of aryl methyl sites for hydroxylation is 1. The second-order valence-electron chi connectivity index (χ2n) is 9.45. The van der Waals surface area contributed by atoms with E-state index in [1.165, 1.54) is 45.9 Å². The van der Waals surface area contributed by atoms with Crippen molar-refractivity contribution < 1.29 is 4.74 Å². The Kier molecular flexibility index (Phi) is 10.6. The van der Waals surface area contributed by atoms with Gasteiger partial charge in [-0.05, 0) is 60.8 Å². The van der Waals surface area contributed by atoms with Gasteiger partial charge in [0.25, 0.3) is 0 Å². The van der Waals surface area contributed by atoms with E-state index in [-0.39, 0.29) is 24.8 Å². The quantitative estimate of drug-likeness (QED) is 0.262. The minimum atomic E-state index is 0. The Morgan fingerprint density at radius 2 is 1.47 bits per heavy atom. The molecule has 5 heteroatoms. The Hall–Kier alpha value is -2.56. The largest absolute Gasteiger partial charge is 0.489 e. The van der Waals surface area contributed by atoms with E-state index in [1.54, 1.807) is 0 Å². The van der Waals surface area contributed by atoms with Gasteiger partial charge in [0.2, 0.25) is 0 Å². The van der Waals surface area contributed by atoms with Gasteiger partial charge in [-0.25, -0.2) is 0 Å². The molecular weight excluding hydrogens is 487 g/mol. The van der Waals surface area contributed by atoms with Gasteiger partial charge in [0.15, 0.2) is 0 Å². The maximum absolute atomic E-state index is 6.35. The molecule has 0 spiro atoms. The summed E-state index contributed by atoms with van der Waals surface area (Å²) in [6, 6.07) is 32.9. The smallest absolute Gasteiger partial charge is 0.124 e. The number of nitrogens with one attached hydrogen (secondary N) is 1. The van der Waals surface area contributed by atoms with Crippen molar-refractivity contribution >= 4 is 35.6 Å². The fraction of sp³-hybridized carbons (Fsp3) is 0.290. The van der Waals surface area contributed by atoms with Crippen molar-refractivity contribution in [2.75, 3.05) is 13.1 Å². The molecule has 1 aliphatic rings. The number of likely N-dealkylation sites (tertiary alicyclic amines) is 1. The SMILES string of the molecule is Cc1ccc(COc2ccc3ccccc3c2CNC2CCN(Cc3ccccc3)CC2)cc1.Cl.Cl. The highest BCUT2D eigenvalue weighted by Gasteiger charge is 2.20. The molecule has 1 saturated heterocycles. The first-order chi connectivity index (χ1) is 16.7. The lowest BCUT2D eigenvalue weighted by Crippen LogP contribution is -2.41. The van der Waals surface area contributed by atoms with Crippen molar-refractivity contribution in [1.82, 2.24) is 10.2 Å². The Morgan fingerprint density at radius 3 is 2.22 bits per heavy atom. The van der Waals surface area contributed by atoms with Gasteiger partial charge in [0.05, 0.1) is 0 Å². The summed E-state index contributed by atoms with van der Waals surface area (Å²) in [5.74, 6) is 0.980. The second-order valence-corrected chi connectivity index (χ2v) is 9.45. The van der Waals surface area contributed by atoms with Crippen LogP contribution in [0.3, 0.4) is 0 Å². The van der Waals surface area contributed by atoms with E-state index in [1.807, 2.05) is 0 Å². The van der Waals surface area contributed by atoms with E-state index in [0.29, 0.717) is 12.6 Å². The fourth-order valence-electron chi connectivity index (χ4n) is 4.86. The van der Waals surface area contributed by atoms with Gasteiger partial charge < -0.3 is 10.1 Å². The number of piperidine rings is 1. The summed E-state index contributed by atoms with van der Waals surface area (Å²) in [6.45, 7) is 6.85. The van der Waals surface area contributed by atoms with Crippen molar-refractivity contribution in [2.45, 2.75) is 45.5 Å². The number of hydrogen-bond donors (Lipinski definition) is 1. The van der Waals surface area contributed by atoms with E-state index in [0.717, 1.165) is 31.9 Å². The van der Waals surface area contributed by atoms with Gasteiger partial charge >= 0.3 is 0 Å². The molecule has 0 radical (unpaired) electrons. The van der Waals surface area contributed by atoms with E-state index < -0.39 is 0 Å². The Labute approximate surface area is 227 Å². The minimum Gasteiger partial charge on any atom is -0.489 e. The van der Waals surface area contributed by atoms with Crippen LogP contribution in [0.1, 0.15) is 35.1 Å². The molecule has 4 aromatic rings. The third-order valence-corrected chi connectivity index (χ3v) is 6.92. The summed E-state index contributed by atoms with van der Waals surface area (Å²) in [6.07, 6.45) is 2.36. The van der Waals surface area contributed by atoms with Crippen LogP contribution >= 0.6 is 24.8 Å². The summed E-state index contributed by atoms with van der Waals surface area (Å²) in [7, 11) is 0. The third kappa shape index (κ3) is 7.24. The highest BCUT2D eigenvalue weighted by Crippen LogP contribution is 2.29.